The van der Waals surface area contributed by atoms with Crippen LogP contribution in [0.3, 0.4) is 0 Å². The first-order chi connectivity index (χ1) is 5.13. The van der Waals surface area contributed by atoms with E-state index in [4.69, 9.17) is 0 Å². The molecule has 0 aliphatic carbocycles. The van der Waals surface area contributed by atoms with Gasteiger partial charge in [0.05, 0.1) is 0 Å². The lowest BCUT2D eigenvalue weighted by Crippen LogP contribution is -2.58. The maximum atomic E-state index is 3.29. The third kappa shape index (κ3) is 1.94. The van der Waals surface area contributed by atoms with E-state index in [0.717, 1.165) is 12.0 Å². The molecule has 2 heteroatoms. The van der Waals surface area contributed by atoms with Gasteiger partial charge < -0.3 is 5.32 Å². The van der Waals surface area contributed by atoms with Gasteiger partial charge in [0.2, 0.25) is 0 Å². The van der Waals surface area contributed by atoms with Crippen LogP contribution in [0.2, 0.25) is 0 Å². The lowest BCUT2D eigenvalue weighted by atomic mass is 10.0. The number of hydrogen-bond acceptors (Lipinski definition) is 2. The van der Waals surface area contributed by atoms with Gasteiger partial charge in [0.1, 0.15) is 0 Å². The molecule has 0 radical (unpaired) electrons. The van der Waals surface area contributed by atoms with Crippen LogP contribution < -0.4 is 5.32 Å². The number of hydrogen-bond donors (Lipinski definition) is 1. The Hall–Kier alpha value is -0.0800. The minimum Gasteiger partial charge on any atom is -0.314 e. The summed E-state index contributed by atoms with van der Waals surface area (Å²) in [7, 11) is 2.23. The summed E-state index contributed by atoms with van der Waals surface area (Å²) < 4.78 is 0. The van der Waals surface area contributed by atoms with E-state index in [9.17, 15) is 0 Å². The number of nitrogens with one attached hydrogen (secondary N) is 1. The van der Waals surface area contributed by atoms with Gasteiger partial charge in [-0.3, -0.25) is 4.90 Å². The van der Waals surface area contributed by atoms with Crippen LogP contribution in [0.25, 0.3) is 0 Å². The molecule has 2 nitrogen and oxygen atoms in total. The highest BCUT2D eigenvalue weighted by Gasteiger charge is 2.25. The van der Waals surface area contributed by atoms with Crippen molar-refractivity contribution >= 4 is 0 Å². The predicted molar refractivity (Wildman–Crippen MR) is 48.7 cm³/mol. The smallest absolute Gasteiger partial charge is 0.0345 e. The number of likely N-dealkylation sites (N-methyl/N-ethyl adjacent to an activating group) is 1. The van der Waals surface area contributed by atoms with Crippen LogP contribution in [0.15, 0.2) is 0 Å². The SMILES string of the molecule is CC(C)C(C)N(C)C1CNC1. The zero-order chi connectivity index (χ0) is 8.43. The van der Waals surface area contributed by atoms with Crippen molar-refractivity contribution in [3.63, 3.8) is 0 Å². The minimum atomic E-state index is 0.710. The fraction of sp³-hybridized carbons (Fsp3) is 1.00. The monoisotopic (exact) mass is 156 g/mol. The Morgan fingerprint density at radius 3 is 2.09 bits per heavy atom. The highest BCUT2D eigenvalue weighted by Crippen LogP contribution is 2.13. The Balaban J connectivity index is 2.32. The molecular weight excluding hydrogens is 136 g/mol. The Bertz CT molecular complexity index is 119. The molecule has 1 atom stereocenters. The van der Waals surface area contributed by atoms with E-state index in [1.165, 1.54) is 13.1 Å². The molecule has 0 aromatic rings. The van der Waals surface area contributed by atoms with E-state index in [1.54, 1.807) is 0 Å². The summed E-state index contributed by atoms with van der Waals surface area (Å²) in [5.41, 5.74) is 0. The zero-order valence-corrected chi connectivity index (χ0v) is 8.09. The van der Waals surface area contributed by atoms with Crippen molar-refractivity contribution in [1.82, 2.24) is 10.2 Å². The first kappa shape index (κ1) is 9.01. The Labute approximate surface area is 70.0 Å². The maximum Gasteiger partial charge on any atom is 0.0345 e. The van der Waals surface area contributed by atoms with Crippen LogP contribution >= 0.6 is 0 Å². The normalized spacial score (nSPS) is 22.4. The summed E-state index contributed by atoms with van der Waals surface area (Å²) in [5, 5.41) is 3.29. The molecule has 66 valence electrons. The topological polar surface area (TPSA) is 15.3 Å². The van der Waals surface area contributed by atoms with Crippen molar-refractivity contribution < 1.29 is 0 Å². The van der Waals surface area contributed by atoms with Crippen molar-refractivity contribution in [2.45, 2.75) is 32.9 Å². The van der Waals surface area contributed by atoms with Gasteiger partial charge in [-0.1, -0.05) is 13.8 Å². The summed E-state index contributed by atoms with van der Waals surface area (Å²) in [6, 6.07) is 1.49. The molecule has 1 heterocycles. The van der Waals surface area contributed by atoms with Gasteiger partial charge in [-0.05, 0) is 19.9 Å². The zero-order valence-electron chi connectivity index (χ0n) is 8.09. The molecule has 0 aromatic carbocycles. The maximum absolute atomic E-state index is 3.29. The van der Waals surface area contributed by atoms with Crippen LogP contribution in [0.1, 0.15) is 20.8 Å². The lowest BCUT2D eigenvalue weighted by Gasteiger charge is -2.40. The molecule has 0 spiro atoms. The Morgan fingerprint density at radius 1 is 1.27 bits per heavy atom. The van der Waals surface area contributed by atoms with Crippen molar-refractivity contribution in [3.8, 4) is 0 Å². The van der Waals surface area contributed by atoms with E-state index < -0.39 is 0 Å². The quantitative estimate of drug-likeness (QED) is 0.654. The second-order valence-electron chi connectivity index (χ2n) is 3.96. The highest BCUT2D eigenvalue weighted by molar-refractivity contribution is 4.85. The van der Waals surface area contributed by atoms with Crippen molar-refractivity contribution in [2.75, 3.05) is 20.1 Å². The average Bonchev–Trinajstić information content (AvgIpc) is 1.82. The molecule has 1 saturated heterocycles. The van der Waals surface area contributed by atoms with E-state index >= 15 is 0 Å². The number of rotatable bonds is 3. The first-order valence-corrected chi connectivity index (χ1v) is 4.55. The van der Waals surface area contributed by atoms with Gasteiger partial charge in [-0.2, -0.15) is 0 Å². The average molecular weight is 156 g/mol. The van der Waals surface area contributed by atoms with E-state index in [0.29, 0.717) is 6.04 Å². The van der Waals surface area contributed by atoms with Gasteiger partial charge in [-0.25, -0.2) is 0 Å². The first-order valence-electron chi connectivity index (χ1n) is 4.55. The number of nitrogens with zero attached hydrogens (tertiary/aromatic N) is 1. The fourth-order valence-electron chi connectivity index (χ4n) is 1.36. The second-order valence-corrected chi connectivity index (χ2v) is 3.96. The molecule has 1 aliphatic heterocycles. The van der Waals surface area contributed by atoms with Gasteiger partial charge in [-0.15, -0.1) is 0 Å². The van der Waals surface area contributed by atoms with Crippen molar-refractivity contribution in [1.29, 1.82) is 0 Å². The van der Waals surface area contributed by atoms with Crippen LogP contribution in [-0.2, 0) is 0 Å². The van der Waals surface area contributed by atoms with E-state index in [-0.39, 0.29) is 0 Å². The highest BCUT2D eigenvalue weighted by atomic mass is 15.2. The molecule has 0 saturated carbocycles. The third-order valence-electron chi connectivity index (χ3n) is 2.94. The minimum absolute atomic E-state index is 0.710. The van der Waals surface area contributed by atoms with Gasteiger partial charge in [0.25, 0.3) is 0 Å². The van der Waals surface area contributed by atoms with Gasteiger partial charge >= 0.3 is 0 Å². The molecule has 0 aromatic heterocycles. The third-order valence-corrected chi connectivity index (χ3v) is 2.94. The molecule has 0 bridgehead atoms. The van der Waals surface area contributed by atoms with Gasteiger partial charge in [0, 0.05) is 25.2 Å². The summed E-state index contributed by atoms with van der Waals surface area (Å²) in [6.07, 6.45) is 0. The molecule has 1 unspecified atom stereocenters. The largest absolute Gasteiger partial charge is 0.314 e. The molecule has 11 heavy (non-hydrogen) atoms. The molecule has 1 fully saturated rings. The van der Waals surface area contributed by atoms with E-state index in [2.05, 4.69) is 38.0 Å². The van der Waals surface area contributed by atoms with Crippen LogP contribution in [-0.4, -0.2) is 37.1 Å². The second kappa shape index (κ2) is 3.55. The molecule has 0 amide bonds. The summed E-state index contributed by atoms with van der Waals surface area (Å²) in [6.45, 7) is 9.23. The predicted octanol–water partition coefficient (Wildman–Crippen LogP) is 0.934. The standard InChI is InChI=1S/C9H20N2/c1-7(2)8(3)11(4)9-5-10-6-9/h7-10H,5-6H2,1-4H3. The lowest BCUT2D eigenvalue weighted by molar-refractivity contribution is 0.110. The van der Waals surface area contributed by atoms with Crippen molar-refractivity contribution in [2.24, 2.45) is 5.92 Å². The fourth-order valence-corrected chi connectivity index (χ4v) is 1.36. The molecular formula is C9H20N2. The summed E-state index contributed by atoms with van der Waals surface area (Å²) in [4.78, 5) is 2.49. The Kier molecular flexibility index (Phi) is 2.90. The Morgan fingerprint density at radius 2 is 1.82 bits per heavy atom. The summed E-state index contributed by atoms with van der Waals surface area (Å²) in [5.74, 6) is 0.764. The van der Waals surface area contributed by atoms with Crippen LogP contribution in [0.5, 0.6) is 0 Å². The summed E-state index contributed by atoms with van der Waals surface area (Å²) >= 11 is 0. The molecule has 1 rings (SSSR count). The molecule has 1 aliphatic rings. The van der Waals surface area contributed by atoms with E-state index in [1.807, 2.05) is 0 Å². The van der Waals surface area contributed by atoms with Crippen molar-refractivity contribution in [3.05, 3.63) is 0 Å². The van der Waals surface area contributed by atoms with Gasteiger partial charge in [0.15, 0.2) is 0 Å². The van der Waals surface area contributed by atoms with Crippen LogP contribution in [0, 0.1) is 5.92 Å². The molecule has 1 N–H and O–H groups in total. The van der Waals surface area contributed by atoms with Crippen LogP contribution in [0.4, 0.5) is 0 Å².